The molecule has 2 nitrogen and oxygen atoms in total. The van der Waals surface area contributed by atoms with Gasteiger partial charge in [-0.25, -0.2) is 0 Å². The molecule has 2 N–H and O–H groups in total. The van der Waals surface area contributed by atoms with E-state index in [2.05, 4.69) is 35.9 Å². The molecule has 0 aliphatic heterocycles. The van der Waals surface area contributed by atoms with Gasteiger partial charge in [-0.1, -0.05) is 12.1 Å². The average molecular weight is 231 g/mol. The van der Waals surface area contributed by atoms with Gasteiger partial charge in [-0.3, -0.25) is 0 Å². The zero-order chi connectivity index (χ0) is 11.5. The highest BCUT2D eigenvalue weighted by atomic mass is 32.2. The Bertz CT molecular complexity index is 547. The van der Waals surface area contributed by atoms with E-state index in [1.807, 2.05) is 24.5 Å². The highest BCUT2D eigenvalue weighted by Crippen LogP contribution is 2.13. The lowest BCUT2D eigenvalue weighted by Crippen LogP contribution is -2.32. The fraction of sp³-hybridized carbons (Fsp3) is 0.154. The number of aromatic nitrogens is 1. The van der Waals surface area contributed by atoms with Crippen molar-refractivity contribution in [2.75, 3.05) is 6.26 Å². The van der Waals surface area contributed by atoms with Gasteiger partial charge in [0.2, 0.25) is 11.2 Å². The molecule has 0 spiro atoms. The van der Waals surface area contributed by atoms with Crippen molar-refractivity contribution >= 4 is 28.7 Å². The van der Waals surface area contributed by atoms with E-state index >= 15 is 0 Å². The van der Waals surface area contributed by atoms with Crippen LogP contribution in [-0.2, 0) is 7.05 Å². The summed E-state index contributed by atoms with van der Waals surface area (Å²) < 4.78 is 2.15. The van der Waals surface area contributed by atoms with Crippen LogP contribution in [0.3, 0.4) is 0 Å². The number of aryl methyl sites for hydroxylation is 1. The minimum Gasteiger partial charge on any atom is -0.393 e. The van der Waals surface area contributed by atoms with Crippen LogP contribution in [-0.4, -0.2) is 6.26 Å². The molecule has 1 aromatic carbocycles. The third-order valence-electron chi connectivity index (χ3n) is 2.64. The van der Waals surface area contributed by atoms with Crippen molar-refractivity contribution in [1.29, 1.82) is 0 Å². The maximum atomic E-state index is 5.83. The van der Waals surface area contributed by atoms with Gasteiger partial charge in [0, 0.05) is 23.6 Å². The Hall–Kier alpha value is -1.48. The summed E-state index contributed by atoms with van der Waals surface area (Å²) in [7, 11) is 2.06. The summed E-state index contributed by atoms with van der Waals surface area (Å²) in [6, 6.07) is 12.5. The van der Waals surface area contributed by atoms with E-state index in [0.717, 1.165) is 10.7 Å². The minimum atomic E-state index is 0.825. The molecule has 0 amide bonds. The Balaban J connectivity index is 2.61. The largest absolute Gasteiger partial charge is 0.393 e. The lowest BCUT2D eigenvalue weighted by molar-refractivity contribution is -0.646. The number of thioether (sulfide) groups is 1. The van der Waals surface area contributed by atoms with Gasteiger partial charge in [-0.15, -0.1) is 11.8 Å². The number of benzene rings is 1. The van der Waals surface area contributed by atoms with E-state index in [1.165, 1.54) is 10.9 Å². The monoisotopic (exact) mass is 231 g/mol. The molecular formula is C13H15N2S+. The summed E-state index contributed by atoms with van der Waals surface area (Å²) >= 11 is 1.56. The zero-order valence-electron chi connectivity index (χ0n) is 9.47. The number of hydrogen-bond donors (Lipinski definition) is 1. The molecule has 0 atom stereocenters. The van der Waals surface area contributed by atoms with Crippen molar-refractivity contribution in [2.45, 2.75) is 0 Å². The van der Waals surface area contributed by atoms with Crippen molar-refractivity contribution in [3.05, 3.63) is 47.1 Å². The van der Waals surface area contributed by atoms with Crippen LogP contribution in [0.2, 0.25) is 0 Å². The van der Waals surface area contributed by atoms with Crippen LogP contribution in [0.4, 0.5) is 0 Å². The molecule has 0 fully saturated rings. The number of fused-ring (bicyclic) bond motifs is 1. The van der Waals surface area contributed by atoms with Gasteiger partial charge in [-0.2, -0.15) is 4.57 Å². The van der Waals surface area contributed by atoms with E-state index < -0.39 is 0 Å². The summed E-state index contributed by atoms with van der Waals surface area (Å²) in [5.74, 6) is 0. The second-order valence-electron chi connectivity index (χ2n) is 3.63. The van der Waals surface area contributed by atoms with Crippen LogP contribution in [0.25, 0.3) is 17.0 Å². The molecule has 1 heterocycles. The Kier molecular flexibility index (Phi) is 3.15. The second-order valence-corrected chi connectivity index (χ2v) is 4.51. The standard InChI is InChI=1S/C13H14N2S/c1-15-11(9-13(14)16-2)8-7-10-5-3-4-6-12(10)15/h3-9,14H,1-2H3/p+1. The van der Waals surface area contributed by atoms with Crippen molar-refractivity contribution < 1.29 is 4.57 Å². The van der Waals surface area contributed by atoms with E-state index in [1.54, 1.807) is 11.8 Å². The van der Waals surface area contributed by atoms with Gasteiger partial charge in [0.15, 0.2) is 0 Å². The highest BCUT2D eigenvalue weighted by molar-refractivity contribution is 8.02. The molecular weight excluding hydrogens is 216 g/mol. The Morgan fingerprint density at radius 2 is 2.00 bits per heavy atom. The first kappa shape index (κ1) is 11.0. The molecule has 3 heteroatoms. The predicted molar refractivity (Wildman–Crippen MR) is 70.8 cm³/mol. The van der Waals surface area contributed by atoms with Gasteiger partial charge in [-0.05, 0) is 18.4 Å². The first-order valence-electron chi connectivity index (χ1n) is 5.11. The van der Waals surface area contributed by atoms with Crippen LogP contribution in [0, 0.1) is 0 Å². The van der Waals surface area contributed by atoms with E-state index in [4.69, 9.17) is 5.73 Å². The van der Waals surface area contributed by atoms with E-state index in [0.29, 0.717) is 0 Å². The number of pyridine rings is 1. The summed E-state index contributed by atoms with van der Waals surface area (Å²) in [4.78, 5) is 0. The molecule has 0 bridgehead atoms. The second kappa shape index (κ2) is 4.58. The molecule has 0 unspecified atom stereocenters. The molecule has 1 aromatic heterocycles. The zero-order valence-corrected chi connectivity index (χ0v) is 10.3. The Morgan fingerprint density at radius 1 is 1.25 bits per heavy atom. The smallest absolute Gasteiger partial charge is 0.212 e. The first-order valence-corrected chi connectivity index (χ1v) is 6.34. The third kappa shape index (κ3) is 2.04. The van der Waals surface area contributed by atoms with Gasteiger partial charge >= 0.3 is 0 Å². The Labute approximate surface area is 99.8 Å². The van der Waals surface area contributed by atoms with Crippen LogP contribution in [0.15, 0.2) is 41.4 Å². The van der Waals surface area contributed by atoms with Gasteiger partial charge in [0.25, 0.3) is 0 Å². The van der Waals surface area contributed by atoms with Crippen molar-refractivity contribution in [1.82, 2.24) is 0 Å². The minimum absolute atomic E-state index is 0.825. The third-order valence-corrected chi connectivity index (χ3v) is 3.23. The number of hydrogen-bond acceptors (Lipinski definition) is 2. The number of nitrogens with zero attached hydrogens (tertiary/aromatic N) is 1. The molecule has 16 heavy (non-hydrogen) atoms. The summed E-state index contributed by atoms with van der Waals surface area (Å²) in [6.45, 7) is 0. The average Bonchev–Trinajstić information content (AvgIpc) is 2.33. The maximum Gasteiger partial charge on any atom is 0.212 e. The van der Waals surface area contributed by atoms with Gasteiger partial charge in [0.05, 0.1) is 5.03 Å². The molecule has 0 aliphatic rings. The fourth-order valence-corrected chi connectivity index (χ4v) is 1.95. The van der Waals surface area contributed by atoms with Crippen LogP contribution in [0.1, 0.15) is 5.69 Å². The quantitative estimate of drug-likeness (QED) is 0.804. The summed E-state index contributed by atoms with van der Waals surface area (Å²) in [6.07, 6.45) is 3.98. The van der Waals surface area contributed by atoms with Gasteiger partial charge in [0.1, 0.15) is 7.05 Å². The molecule has 0 aliphatic carbocycles. The van der Waals surface area contributed by atoms with Crippen molar-refractivity contribution in [2.24, 2.45) is 12.8 Å². The molecule has 0 saturated heterocycles. The molecule has 0 radical (unpaired) electrons. The molecule has 2 aromatic rings. The lowest BCUT2D eigenvalue weighted by atomic mass is 10.2. The fourth-order valence-electron chi connectivity index (χ4n) is 1.71. The first-order chi connectivity index (χ1) is 7.72. The number of nitrogens with two attached hydrogens (primary N) is 1. The van der Waals surface area contributed by atoms with E-state index in [9.17, 15) is 0 Å². The van der Waals surface area contributed by atoms with Crippen molar-refractivity contribution in [3.8, 4) is 0 Å². The normalized spacial score (nSPS) is 12.0. The topological polar surface area (TPSA) is 29.9 Å². The maximum absolute atomic E-state index is 5.83. The van der Waals surface area contributed by atoms with Gasteiger partial charge < -0.3 is 5.73 Å². The predicted octanol–water partition coefficient (Wildman–Crippen LogP) is 2.28. The van der Waals surface area contributed by atoms with Crippen molar-refractivity contribution in [3.63, 3.8) is 0 Å². The summed E-state index contributed by atoms with van der Waals surface area (Å²) in [5, 5.41) is 2.07. The molecule has 82 valence electrons. The lowest BCUT2D eigenvalue weighted by Gasteiger charge is -2.00. The number of para-hydroxylation sites is 1. The van der Waals surface area contributed by atoms with Crippen LogP contribution >= 0.6 is 11.8 Å². The Morgan fingerprint density at radius 3 is 2.75 bits per heavy atom. The summed E-state index contributed by atoms with van der Waals surface area (Å²) in [5.41, 5.74) is 8.16. The van der Waals surface area contributed by atoms with E-state index in [-0.39, 0.29) is 0 Å². The van der Waals surface area contributed by atoms with Crippen LogP contribution < -0.4 is 10.3 Å². The van der Waals surface area contributed by atoms with Crippen LogP contribution in [0.5, 0.6) is 0 Å². The molecule has 0 saturated carbocycles. The highest BCUT2D eigenvalue weighted by Gasteiger charge is 2.08. The molecule has 2 rings (SSSR count). The number of rotatable bonds is 2. The SMILES string of the molecule is CSC(N)=Cc1ccc2ccccc2[n+]1C.